The van der Waals surface area contributed by atoms with Crippen molar-refractivity contribution in [2.75, 3.05) is 27.6 Å². The lowest BCUT2D eigenvalue weighted by atomic mass is 10.1. The molecule has 7 nitrogen and oxygen atoms in total. The summed E-state index contributed by atoms with van der Waals surface area (Å²) < 4.78 is 25.7. The standard InChI is InChI=1S/C18H15ClO7/c1-22-11-3-4-12(15(7-11)23-2)14(20)8-24-18(21)10-5-13(19)17-16(6-10)25-9-26-17/h3-7H,8-9H2,1-2H3. The number of carbonyl (C=O) groups is 2. The third-order valence-corrected chi connectivity index (χ3v) is 3.99. The van der Waals surface area contributed by atoms with Gasteiger partial charge >= 0.3 is 5.97 Å². The van der Waals surface area contributed by atoms with Crippen LogP contribution < -0.4 is 18.9 Å². The summed E-state index contributed by atoms with van der Waals surface area (Å²) in [5, 5.41) is 0.232. The lowest BCUT2D eigenvalue weighted by molar-refractivity contribution is 0.0473. The van der Waals surface area contributed by atoms with Crippen LogP contribution in [0.5, 0.6) is 23.0 Å². The molecule has 2 aromatic carbocycles. The molecule has 0 aromatic heterocycles. The van der Waals surface area contributed by atoms with Crippen LogP contribution in [0.2, 0.25) is 5.02 Å². The van der Waals surface area contributed by atoms with Gasteiger partial charge in [-0.15, -0.1) is 0 Å². The van der Waals surface area contributed by atoms with E-state index in [2.05, 4.69) is 0 Å². The van der Waals surface area contributed by atoms with Crippen molar-refractivity contribution < 1.29 is 33.3 Å². The number of esters is 1. The van der Waals surface area contributed by atoms with E-state index in [1.807, 2.05) is 0 Å². The van der Waals surface area contributed by atoms with Crippen LogP contribution in [-0.4, -0.2) is 39.4 Å². The van der Waals surface area contributed by atoms with Gasteiger partial charge in [-0.3, -0.25) is 4.79 Å². The van der Waals surface area contributed by atoms with Gasteiger partial charge in [0.25, 0.3) is 0 Å². The maximum Gasteiger partial charge on any atom is 0.338 e. The van der Waals surface area contributed by atoms with E-state index >= 15 is 0 Å². The molecular weight excluding hydrogens is 364 g/mol. The van der Waals surface area contributed by atoms with Crippen LogP contribution in [0.25, 0.3) is 0 Å². The predicted molar refractivity (Wildman–Crippen MR) is 91.7 cm³/mol. The Morgan fingerprint density at radius 3 is 2.65 bits per heavy atom. The zero-order valence-electron chi connectivity index (χ0n) is 14.0. The van der Waals surface area contributed by atoms with Gasteiger partial charge in [0.05, 0.1) is 30.4 Å². The van der Waals surface area contributed by atoms with E-state index < -0.39 is 18.4 Å². The minimum atomic E-state index is -0.703. The molecule has 0 N–H and O–H groups in total. The molecule has 0 aliphatic carbocycles. The van der Waals surface area contributed by atoms with Gasteiger partial charge in [-0.2, -0.15) is 0 Å². The number of rotatable bonds is 6. The zero-order chi connectivity index (χ0) is 18.7. The van der Waals surface area contributed by atoms with Gasteiger partial charge in [-0.1, -0.05) is 11.6 Å². The van der Waals surface area contributed by atoms with Crippen LogP contribution in [0.4, 0.5) is 0 Å². The molecule has 0 saturated carbocycles. The van der Waals surface area contributed by atoms with E-state index in [-0.39, 0.29) is 22.9 Å². The average molecular weight is 379 g/mol. The van der Waals surface area contributed by atoms with Gasteiger partial charge in [-0.25, -0.2) is 4.79 Å². The van der Waals surface area contributed by atoms with Crippen molar-refractivity contribution in [1.29, 1.82) is 0 Å². The molecule has 0 amide bonds. The van der Waals surface area contributed by atoms with Crippen molar-refractivity contribution in [2.45, 2.75) is 0 Å². The first kappa shape index (κ1) is 17.9. The highest BCUT2D eigenvalue weighted by Gasteiger charge is 2.22. The molecule has 1 heterocycles. The molecule has 1 aliphatic heterocycles. The number of hydrogen-bond donors (Lipinski definition) is 0. The maximum atomic E-state index is 12.3. The first-order valence-corrected chi connectivity index (χ1v) is 7.92. The molecule has 0 spiro atoms. The largest absolute Gasteiger partial charge is 0.497 e. The molecule has 3 rings (SSSR count). The minimum Gasteiger partial charge on any atom is -0.497 e. The molecule has 0 saturated heterocycles. The molecule has 0 unspecified atom stereocenters. The second kappa shape index (κ2) is 7.53. The summed E-state index contributed by atoms with van der Waals surface area (Å²) in [6.07, 6.45) is 0. The van der Waals surface area contributed by atoms with Crippen LogP contribution in [0.1, 0.15) is 20.7 Å². The number of Topliss-reactive ketones (excluding diaryl/α,β-unsaturated/α-hetero) is 1. The molecule has 136 valence electrons. The second-order valence-electron chi connectivity index (χ2n) is 5.26. The van der Waals surface area contributed by atoms with E-state index in [0.29, 0.717) is 23.0 Å². The highest BCUT2D eigenvalue weighted by atomic mass is 35.5. The van der Waals surface area contributed by atoms with E-state index in [9.17, 15) is 9.59 Å². The summed E-state index contributed by atoms with van der Waals surface area (Å²) in [6, 6.07) is 7.60. The Balaban J connectivity index is 1.70. The molecule has 26 heavy (non-hydrogen) atoms. The van der Waals surface area contributed by atoms with E-state index in [1.165, 1.54) is 26.4 Å². The average Bonchev–Trinajstić information content (AvgIpc) is 3.14. The third-order valence-electron chi connectivity index (χ3n) is 3.71. The van der Waals surface area contributed by atoms with Crippen LogP contribution in [0.3, 0.4) is 0 Å². The van der Waals surface area contributed by atoms with Crippen LogP contribution in [-0.2, 0) is 4.74 Å². The number of ether oxygens (including phenoxy) is 5. The quantitative estimate of drug-likeness (QED) is 0.564. The fraction of sp³-hybridized carbons (Fsp3) is 0.222. The van der Waals surface area contributed by atoms with Crippen molar-refractivity contribution in [3.05, 3.63) is 46.5 Å². The molecule has 2 aromatic rings. The normalized spacial score (nSPS) is 11.8. The van der Waals surface area contributed by atoms with Crippen molar-refractivity contribution in [3.8, 4) is 23.0 Å². The van der Waals surface area contributed by atoms with E-state index in [0.717, 1.165) is 0 Å². The fourth-order valence-electron chi connectivity index (χ4n) is 2.41. The van der Waals surface area contributed by atoms with Crippen LogP contribution >= 0.6 is 11.6 Å². The van der Waals surface area contributed by atoms with Gasteiger partial charge < -0.3 is 23.7 Å². The molecule has 1 aliphatic rings. The Kier molecular flexibility index (Phi) is 5.18. The van der Waals surface area contributed by atoms with Crippen molar-refractivity contribution in [2.24, 2.45) is 0 Å². The molecule has 0 atom stereocenters. The van der Waals surface area contributed by atoms with Gasteiger partial charge in [0.1, 0.15) is 11.5 Å². The first-order valence-electron chi connectivity index (χ1n) is 7.55. The third kappa shape index (κ3) is 3.52. The van der Waals surface area contributed by atoms with Gasteiger partial charge in [-0.05, 0) is 24.3 Å². The Hall–Kier alpha value is -2.93. The van der Waals surface area contributed by atoms with E-state index in [4.69, 9.17) is 35.3 Å². The smallest absolute Gasteiger partial charge is 0.338 e. The number of halogens is 1. The second-order valence-corrected chi connectivity index (χ2v) is 5.66. The zero-order valence-corrected chi connectivity index (χ0v) is 14.8. The summed E-state index contributed by atoms with van der Waals surface area (Å²) in [5.41, 5.74) is 0.443. The van der Waals surface area contributed by atoms with Crippen molar-refractivity contribution in [1.82, 2.24) is 0 Å². The molecule has 0 fully saturated rings. The SMILES string of the molecule is COc1ccc(C(=O)COC(=O)c2cc(Cl)c3c(c2)OCO3)c(OC)c1. The van der Waals surface area contributed by atoms with Crippen molar-refractivity contribution >= 4 is 23.4 Å². The summed E-state index contributed by atoms with van der Waals surface area (Å²) in [6.45, 7) is -0.420. The number of hydrogen-bond acceptors (Lipinski definition) is 7. The number of fused-ring (bicyclic) bond motifs is 1. The maximum absolute atomic E-state index is 12.3. The Morgan fingerprint density at radius 1 is 1.12 bits per heavy atom. The monoisotopic (exact) mass is 378 g/mol. The van der Waals surface area contributed by atoms with Crippen molar-refractivity contribution in [3.63, 3.8) is 0 Å². The summed E-state index contributed by atoms with van der Waals surface area (Å²) in [4.78, 5) is 24.6. The molecule has 0 bridgehead atoms. The number of benzene rings is 2. The highest BCUT2D eigenvalue weighted by Crippen LogP contribution is 2.39. The molecular formula is C18H15ClO7. The molecule has 0 radical (unpaired) electrons. The highest BCUT2D eigenvalue weighted by molar-refractivity contribution is 6.32. The van der Waals surface area contributed by atoms with Gasteiger partial charge in [0.2, 0.25) is 12.6 Å². The fourth-order valence-corrected chi connectivity index (χ4v) is 2.67. The van der Waals surface area contributed by atoms with Gasteiger partial charge in [0.15, 0.2) is 18.1 Å². The van der Waals surface area contributed by atoms with Crippen LogP contribution in [0.15, 0.2) is 30.3 Å². The topological polar surface area (TPSA) is 80.3 Å². The number of ketones is 1. The summed E-state index contributed by atoms with van der Waals surface area (Å²) in [7, 11) is 2.95. The van der Waals surface area contributed by atoms with E-state index in [1.54, 1.807) is 18.2 Å². The van der Waals surface area contributed by atoms with Crippen LogP contribution in [0, 0.1) is 0 Å². The Bertz CT molecular complexity index is 863. The number of methoxy groups -OCH3 is 2. The molecule has 8 heteroatoms. The lowest BCUT2D eigenvalue weighted by Gasteiger charge is -2.10. The Labute approximate surface area is 154 Å². The Morgan fingerprint density at radius 2 is 1.92 bits per heavy atom. The minimum absolute atomic E-state index is 0.0311. The predicted octanol–water partition coefficient (Wildman–Crippen LogP) is 3.13. The summed E-state index contributed by atoms with van der Waals surface area (Å²) in [5.74, 6) is 0.493. The lowest BCUT2D eigenvalue weighted by Crippen LogP contribution is -2.15. The number of carbonyl (C=O) groups excluding carboxylic acids is 2. The van der Waals surface area contributed by atoms with Gasteiger partial charge in [0, 0.05) is 6.07 Å². The first-order chi connectivity index (χ1) is 12.5. The summed E-state index contributed by atoms with van der Waals surface area (Å²) >= 11 is 6.04.